The number of Topliss-reactive ketones (excluding diaryl/α,β-unsaturated/α-hetero) is 1. The Hall–Kier alpha value is -1.62. The highest BCUT2D eigenvalue weighted by Crippen LogP contribution is 2.32. The molecule has 2 aromatic rings. The van der Waals surface area contributed by atoms with Gasteiger partial charge in [0, 0.05) is 12.0 Å². The van der Waals surface area contributed by atoms with Gasteiger partial charge in [-0.3, -0.25) is 4.79 Å². The van der Waals surface area contributed by atoms with Crippen LogP contribution in [0.4, 0.5) is 13.2 Å². The Morgan fingerprint density at radius 3 is 2.53 bits per heavy atom. The van der Waals surface area contributed by atoms with E-state index in [1.54, 1.807) is 0 Å². The normalized spacial score (nSPS) is 11.5. The van der Waals surface area contributed by atoms with Crippen LogP contribution in [0, 0.1) is 0 Å². The van der Waals surface area contributed by atoms with Crippen molar-refractivity contribution >= 4 is 17.1 Å². The van der Waals surface area contributed by atoms with E-state index in [0.29, 0.717) is 6.42 Å². The van der Waals surface area contributed by atoms with Gasteiger partial charge in [-0.25, -0.2) is 0 Å². The van der Waals surface area contributed by atoms with Crippen molar-refractivity contribution in [2.75, 3.05) is 0 Å². The predicted octanol–water partition coefficient (Wildman–Crippen LogP) is 4.58. The van der Waals surface area contributed by atoms with E-state index < -0.39 is 17.5 Å². The molecular weight excluding hydrogens is 273 g/mol. The summed E-state index contributed by atoms with van der Waals surface area (Å²) in [5, 5.41) is 3.77. The lowest BCUT2D eigenvalue weighted by Crippen LogP contribution is -2.13. The first-order chi connectivity index (χ1) is 8.98. The van der Waals surface area contributed by atoms with Gasteiger partial charge in [0.1, 0.15) is 0 Å². The van der Waals surface area contributed by atoms with Crippen molar-refractivity contribution in [3.05, 3.63) is 57.8 Å². The zero-order valence-electron chi connectivity index (χ0n) is 9.91. The minimum atomic E-state index is -4.49. The number of hydrogen-bond donors (Lipinski definition) is 0. The van der Waals surface area contributed by atoms with E-state index in [1.807, 2.05) is 16.8 Å². The Morgan fingerprint density at radius 2 is 1.89 bits per heavy atom. The average molecular weight is 284 g/mol. The molecule has 0 amide bonds. The quantitative estimate of drug-likeness (QED) is 0.751. The Labute approximate surface area is 112 Å². The molecule has 0 aliphatic rings. The van der Waals surface area contributed by atoms with Gasteiger partial charge in [-0.05, 0) is 34.9 Å². The number of halogens is 3. The SMILES string of the molecule is O=C(CCc1ccsc1)c1ccccc1C(F)(F)F. The van der Waals surface area contributed by atoms with Crippen LogP contribution in [0.25, 0.3) is 0 Å². The number of ketones is 1. The summed E-state index contributed by atoms with van der Waals surface area (Å²) in [4.78, 5) is 11.9. The van der Waals surface area contributed by atoms with Crippen molar-refractivity contribution in [2.45, 2.75) is 19.0 Å². The van der Waals surface area contributed by atoms with Crippen molar-refractivity contribution in [3.8, 4) is 0 Å². The maximum absolute atomic E-state index is 12.8. The molecule has 1 heterocycles. The molecule has 0 saturated heterocycles. The number of aryl methyl sites for hydroxylation is 1. The summed E-state index contributed by atoms with van der Waals surface area (Å²) in [6.07, 6.45) is -3.94. The van der Waals surface area contributed by atoms with E-state index in [2.05, 4.69) is 0 Å². The summed E-state index contributed by atoms with van der Waals surface area (Å²) in [7, 11) is 0. The average Bonchev–Trinajstić information content (AvgIpc) is 2.88. The van der Waals surface area contributed by atoms with E-state index in [1.165, 1.54) is 29.5 Å². The molecule has 0 saturated carbocycles. The van der Waals surface area contributed by atoms with Crippen LogP contribution in [-0.2, 0) is 12.6 Å². The van der Waals surface area contributed by atoms with Crippen LogP contribution < -0.4 is 0 Å². The zero-order chi connectivity index (χ0) is 13.9. The summed E-state index contributed by atoms with van der Waals surface area (Å²) in [6, 6.07) is 6.79. The molecule has 1 nitrogen and oxygen atoms in total. The second kappa shape index (κ2) is 5.57. The van der Waals surface area contributed by atoms with Crippen LogP contribution in [0.5, 0.6) is 0 Å². The Morgan fingerprint density at radius 1 is 1.16 bits per heavy atom. The zero-order valence-corrected chi connectivity index (χ0v) is 10.7. The standard InChI is InChI=1S/C14H11F3OS/c15-14(16,17)12-4-2-1-3-11(12)13(18)6-5-10-7-8-19-9-10/h1-4,7-9H,5-6H2. The highest BCUT2D eigenvalue weighted by atomic mass is 32.1. The third kappa shape index (κ3) is 3.44. The minimum Gasteiger partial charge on any atom is -0.294 e. The van der Waals surface area contributed by atoms with Crippen LogP contribution in [0.15, 0.2) is 41.1 Å². The first-order valence-corrected chi connectivity index (χ1v) is 6.63. The van der Waals surface area contributed by atoms with Crippen molar-refractivity contribution in [1.82, 2.24) is 0 Å². The second-order valence-corrected chi connectivity index (χ2v) is 4.88. The first kappa shape index (κ1) is 13.8. The Kier molecular flexibility index (Phi) is 4.04. The summed E-state index contributed by atoms with van der Waals surface area (Å²) >= 11 is 1.50. The first-order valence-electron chi connectivity index (χ1n) is 5.69. The van der Waals surface area contributed by atoms with Crippen LogP contribution in [0.1, 0.15) is 27.9 Å². The van der Waals surface area contributed by atoms with E-state index in [0.717, 1.165) is 11.6 Å². The fourth-order valence-electron chi connectivity index (χ4n) is 1.80. The molecule has 1 aromatic heterocycles. The van der Waals surface area contributed by atoms with E-state index in [9.17, 15) is 18.0 Å². The molecule has 0 unspecified atom stereocenters. The predicted molar refractivity (Wildman–Crippen MR) is 68.4 cm³/mol. The molecular formula is C14H11F3OS. The monoisotopic (exact) mass is 284 g/mol. The lowest BCUT2D eigenvalue weighted by atomic mass is 9.99. The number of carbonyl (C=O) groups excluding carboxylic acids is 1. The topological polar surface area (TPSA) is 17.1 Å². The van der Waals surface area contributed by atoms with Gasteiger partial charge in [0.2, 0.25) is 0 Å². The molecule has 0 radical (unpaired) electrons. The number of carbonyl (C=O) groups is 1. The van der Waals surface area contributed by atoms with Crippen LogP contribution in [0.2, 0.25) is 0 Å². The van der Waals surface area contributed by atoms with Gasteiger partial charge in [-0.1, -0.05) is 18.2 Å². The lowest BCUT2D eigenvalue weighted by Gasteiger charge is -2.11. The Balaban J connectivity index is 2.15. The van der Waals surface area contributed by atoms with Gasteiger partial charge < -0.3 is 0 Å². The second-order valence-electron chi connectivity index (χ2n) is 4.10. The highest BCUT2D eigenvalue weighted by molar-refractivity contribution is 7.07. The number of rotatable bonds is 4. The van der Waals surface area contributed by atoms with Gasteiger partial charge in [-0.15, -0.1) is 0 Å². The van der Waals surface area contributed by atoms with Crippen molar-refractivity contribution in [1.29, 1.82) is 0 Å². The van der Waals surface area contributed by atoms with Gasteiger partial charge in [0.05, 0.1) is 5.56 Å². The molecule has 100 valence electrons. The largest absolute Gasteiger partial charge is 0.417 e. The summed E-state index contributed by atoms with van der Waals surface area (Å²) < 4.78 is 38.3. The fraction of sp³-hybridized carbons (Fsp3) is 0.214. The van der Waals surface area contributed by atoms with Crippen LogP contribution >= 0.6 is 11.3 Å². The lowest BCUT2D eigenvalue weighted by molar-refractivity contribution is -0.137. The molecule has 1 aromatic carbocycles. The van der Waals surface area contributed by atoms with Crippen LogP contribution in [-0.4, -0.2) is 5.78 Å². The molecule has 0 aliphatic heterocycles. The smallest absolute Gasteiger partial charge is 0.294 e. The van der Waals surface area contributed by atoms with Gasteiger partial charge in [-0.2, -0.15) is 24.5 Å². The van der Waals surface area contributed by atoms with Gasteiger partial charge in [0.15, 0.2) is 5.78 Å². The summed E-state index contributed by atoms with van der Waals surface area (Å²) in [5.41, 5.74) is -0.126. The molecule has 0 N–H and O–H groups in total. The van der Waals surface area contributed by atoms with Crippen LogP contribution in [0.3, 0.4) is 0 Å². The highest BCUT2D eigenvalue weighted by Gasteiger charge is 2.34. The van der Waals surface area contributed by atoms with Crippen molar-refractivity contribution in [2.24, 2.45) is 0 Å². The molecule has 5 heteroatoms. The van der Waals surface area contributed by atoms with E-state index in [4.69, 9.17) is 0 Å². The molecule has 0 aliphatic carbocycles. The minimum absolute atomic E-state index is 0.0871. The number of alkyl halides is 3. The van der Waals surface area contributed by atoms with Crippen molar-refractivity contribution < 1.29 is 18.0 Å². The molecule has 2 rings (SSSR count). The molecule has 0 spiro atoms. The number of hydrogen-bond acceptors (Lipinski definition) is 2. The third-order valence-corrected chi connectivity index (χ3v) is 3.49. The Bertz CT molecular complexity index is 558. The molecule has 0 atom stereocenters. The number of thiophene rings is 1. The molecule has 0 fully saturated rings. The van der Waals surface area contributed by atoms with Gasteiger partial charge in [0.25, 0.3) is 0 Å². The molecule has 0 bridgehead atoms. The summed E-state index contributed by atoms with van der Waals surface area (Å²) in [6.45, 7) is 0. The van der Waals surface area contributed by atoms with E-state index in [-0.39, 0.29) is 12.0 Å². The third-order valence-electron chi connectivity index (χ3n) is 2.75. The van der Waals surface area contributed by atoms with E-state index >= 15 is 0 Å². The van der Waals surface area contributed by atoms with Gasteiger partial charge >= 0.3 is 6.18 Å². The summed E-state index contributed by atoms with van der Waals surface area (Å²) in [5.74, 6) is -0.473. The molecule has 19 heavy (non-hydrogen) atoms. The van der Waals surface area contributed by atoms with Crippen molar-refractivity contribution in [3.63, 3.8) is 0 Å². The maximum atomic E-state index is 12.8. The maximum Gasteiger partial charge on any atom is 0.417 e. The number of benzene rings is 1. The fourth-order valence-corrected chi connectivity index (χ4v) is 2.50.